The number of hydrogen-bond acceptors (Lipinski definition) is 4. The van der Waals surface area contributed by atoms with Crippen molar-refractivity contribution in [2.75, 3.05) is 20.3 Å². The smallest absolute Gasteiger partial charge is 0.190 e. The Labute approximate surface area is 162 Å². The van der Waals surface area contributed by atoms with Gasteiger partial charge in [0.2, 0.25) is 0 Å². The summed E-state index contributed by atoms with van der Waals surface area (Å²) in [5, 5.41) is 2.05. The summed E-state index contributed by atoms with van der Waals surface area (Å²) < 4.78 is 26.3. The molecule has 3 rings (SSSR count). The zero-order valence-corrected chi connectivity index (χ0v) is 16.5. The van der Waals surface area contributed by atoms with E-state index >= 15 is 0 Å². The molecule has 3 aromatic rings. The molecule has 0 aliphatic rings. The summed E-state index contributed by atoms with van der Waals surface area (Å²) in [5.74, 6) is 0.583. The number of methoxy groups -OCH3 is 1. The average Bonchev–Trinajstić information content (AvgIpc) is 3.08. The fourth-order valence-corrected chi connectivity index (χ4v) is 3.89. The number of halogens is 1. The van der Waals surface area contributed by atoms with E-state index in [1.54, 1.807) is 30.6 Å². The van der Waals surface area contributed by atoms with Gasteiger partial charge in [0.15, 0.2) is 4.80 Å². The Morgan fingerprint density at radius 3 is 2.44 bits per heavy atom. The highest BCUT2D eigenvalue weighted by Gasteiger charge is 2.14. The summed E-state index contributed by atoms with van der Waals surface area (Å²) in [4.78, 5) is 5.67. The van der Waals surface area contributed by atoms with Crippen molar-refractivity contribution < 1.29 is 13.9 Å². The fourth-order valence-electron chi connectivity index (χ4n) is 2.87. The maximum atomic E-state index is 13.3. The molecule has 0 aliphatic heterocycles. The molecule has 0 spiro atoms. The molecule has 1 atom stereocenters. The summed E-state index contributed by atoms with van der Waals surface area (Å²) in [6, 6.07) is 14.3. The summed E-state index contributed by atoms with van der Waals surface area (Å²) >= 11 is 1.55. The van der Waals surface area contributed by atoms with Crippen LogP contribution in [-0.4, -0.2) is 24.9 Å². The molecule has 1 heterocycles. The van der Waals surface area contributed by atoms with E-state index < -0.39 is 0 Å². The van der Waals surface area contributed by atoms with E-state index in [0.29, 0.717) is 13.2 Å². The molecule has 0 aliphatic carbocycles. The van der Waals surface area contributed by atoms with Gasteiger partial charge in [0, 0.05) is 12.5 Å². The van der Waals surface area contributed by atoms with Gasteiger partial charge in [-0.25, -0.2) is 9.38 Å². The van der Waals surface area contributed by atoms with E-state index in [4.69, 9.17) is 14.5 Å². The summed E-state index contributed by atoms with van der Waals surface area (Å²) in [6.45, 7) is 5.24. The van der Waals surface area contributed by atoms with Crippen molar-refractivity contribution in [3.05, 3.63) is 64.5 Å². The second kappa shape index (κ2) is 8.97. The van der Waals surface area contributed by atoms with E-state index in [-0.39, 0.29) is 11.9 Å². The Morgan fingerprint density at radius 2 is 1.81 bits per heavy atom. The second-order valence-corrected chi connectivity index (χ2v) is 6.96. The summed E-state index contributed by atoms with van der Waals surface area (Å²) in [6.07, 6.45) is 0. The molecule has 142 valence electrons. The third kappa shape index (κ3) is 4.64. The minimum absolute atomic E-state index is 0.0859. The summed E-state index contributed by atoms with van der Waals surface area (Å²) in [7, 11) is 1.68. The highest BCUT2D eigenvalue weighted by molar-refractivity contribution is 7.07. The van der Waals surface area contributed by atoms with Crippen LogP contribution < -0.4 is 9.54 Å². The van der Waals surface area contributed by atoms with Gasteiger partial charge in [-0.15, -0.1) is 11.3 Å². The molecule has 0 unspecified atom stereocenters. The maximum Gasteiger partial charge on any atom is 0.190 e. The molecule has 0 saturated heterocycles. The molecule has 0 bridgehead atoms. The van der Waals surface area contributed by atoms with Crippen molar-refractivity contribution in [3.63, 3.8) is 0 Å². The Hall–Kier alpha value is -2.44. The topological polar surface area (TPSA) is 35.8 Å². The van der Waals surface area contributed by atoms with Crippen LogP contribution in [0.1, 0.15) is 19.9 Å². The normalized spacial score (nSPS) is 13.0. The highest BCUT2D eigenvalue weighted by Crippen LogP contribution is 2.25. The van der Waals surface area contributed by atoms with Gasteiger partial charge in [-0.2, -0.15) is 0 Å². The van der Waals surface area contributed by atoms with Crippen LogP contribution in [-0.2, 0) is 4.74 Å². The first kappa shape index (κ1) is 19.3. The van der Waals surface area contributed by atoms with Crippen molar-refractivity contribution in [2.24, 2.45) is 4.99 Å². The van der Waals surface area contributed by atoms with Gasteiger partial charge in [0.25, 0.3) is 0 Å². The molecule has 27 heavy (non-hydrogen) atoms. The van der Waals surface area contributed by atoms with Gasteiger partial charge in [-0.3, -0.25) is 0 Å². The van der Waals surface area contributed by atoms with Crippen LogP contribution in [0.2, 0.25) is 0 Å². The zero-order valence-electron chi connectivity index (χ0n) is 15.7. The Bertz CT molecular complexity index is 930. The first-order valence-electron chi connectivity index (χ1n) is 8.85. The number of benzene rings is 2. The van der Waals surface area contributed by atoms with Gasteiger partial charge < -0.3 is 14.0 Å². The minimum Gasteiger partial charge on any atom is -0.494 e. The van der Waals surface area contributed by atoms with Gasteiger partial charge in [-0.05, 0) is 67.9 Å². The van der Waals surface area contributed by atoms with Crippen LogP contribution in [0, 0.1) is 5.82 Å². The van der Waals surface area contributed by atoms with E-state index in [9.17, 15) is 4.39 Å². The zero-order chi connectivity index (χ0) is 19.2. The van der Waals surface area contributed by atoms with E-state index in [1.807, 2.05) is 36.6 Å². The quantitative estimate of drug-likeness (QED) is 0.560. The molecule has 0 N–H and O–H groups in total. The third-order valence-electron chi connectivity index (χ3n) is 4.10. The molecule has 1 aromatic heterocycles. The van der Waals surface area contributed by atoms with E-state index in [0.717, 1.165) is 27.5 Å². The Morgan fingerprint density at radius 1 is 1.11 bits per heavy atom. The second-order valence-electron chi connectivity index (χ2n) is 6.12. The molecule has 0 saturated carbocycles. The molecule has 0 fully saturated rings. The third-order valence-corrected chi connectivity index (χ3v) is 4.94. The fraction of sp³-hybridized carbons (Fsp3) is 0.286. The van der Waals surface area contributed by atoms with Crippen molar-refractivity contribution in [1.82, 2.24) is 4.57 Å². The van der Waals surface area contributed by atoms with E-state index in [1.165, 1.54) is 12.1 Å². The monoisotopic (exact) mass is 386 g/mol. The average molecular weight is 386 g/mol. The predicted octanol–water partition coefficient (Wildman–Crippen LogP) is 5.19. The molecule has 2 aromatic carbocycles. The van der Waals surface area contributed by atoms with Crippen molar-refractivity contribution in [2.45, 2.75) is 19.9 Å². The van der Waals surface area contributed by atoms with Crippen LogP contribution in [0.25, 0.3) is 11.3 Å². The van der Waals surface area contributed by atoms with Crippen molar-refractivity contribution in [1.29, 1.82) is 0 Å². The van der Waals surface area contributed by atoms with E-state index in [2.05, 4.69) is 11.5 Å². The summed E-state index contributed by atoms with van der Waals surface area (Å²) in [5.41, 5.74) is 2.79. The minimum atomic E-state index is -0.246. The number of hydrogen-bond donors (Lipinski definition) is 0. The number of rotatable bonds is 7. The van der Waals surface area contributed by atoms with Gasteiger partial charge >= 0.3 is 0 Å². The number of aromatic nitrogens is 1. The van der Waals surface area contributed by atoms with Gasteiger partial charge in [0.1, 0.15) is 11.6 Å². The molecular weight excluding hydrogens is 363 g/mol. The lowest BCUT2D eigenvalue weighted by Gasteiger charge is -2.16. The Balaban J connectivity index is 2.05. The molecule has 0 radical (unpaired) electrons. The molecule has 4 nitrogen and oxygen atoms in total. The van der Waals surface area contributed by atoms with Gasteiger partial charge in [0.05, 0.1) is 30.6 Å². The molecule has 0 amide bonds. The van der Waals surface area contributed by atoms with Crippen LogP contribution in [0.5, 0.6) is 5.75 Å². The SMILES string of the molecule is CCOc1ccc(N=c2scc(-c3ccc(F)cc3)n2[C@H](C)COC)cc1. The Kier molecular flexibility index (Phi) is 6.42. The molecule has 6 heteroatoms. The highest BCUT2D eigenvalue weighted by atomic mass is 32.1. The first-order chi connectivity index (χ1) is 13.1. The van der Waals surface area contributed by atoms with Crippen LogP contribution in [0.15, 0.2) is 58.9 Å². The van der Waals surface area contributed by atoms with Crippen molar-refractivity contribution >= 4 is 17.0 Å². The van der Waals surface area contributed by atoms with Gasteiger partial charge in [-0.1, -0.05) is 0 Å². The molecular formula is C21H23FN2O2S. The first-order valence-corrected chi connectivity index (χ1v) is 9.72. The lowest BCUT2D eigenvalue weighted by atomic mass is 10.1. The van der Waals surface area contributed by atoms with Crippen LogP contribution in [0.4, 0.5) is 10.1 Å². The lowest BCUT2D eigenvalue weighted by molar-refractivity contribution is 0.162. The number of nitrogens with zero attached hydrogens (tertiary/aromatic N) is 2. The van der Waals surface area contributed by atoms with Crippen molar-refractivity contribution in [3.8, 4) is 17.0 Å². The van der Waals surface area contributed by atoms with Crippen LogP contribution >= 0.6 is 11.3 Å². The predicted molar refractivity (Wildman–Crippen MR) is 107 cm³/mol. The lowest BCUT2D eigenvalue weighted by Crippen LogP contribution is -2.22. The standard InChI is InChI=1S/C21H23FN2O2S/c1-4-26-19-11-9-18(10-12-19)23-21-24(15(2)13-25-3)20(14-27-21)16-5-7-17(22)8-6-16/h5-12,14-15H,4,13H2,1-3H3/t15-/m1/s1. The number of ether oxygens (including phenoxy) is 2. The van der Waals surface area contributed by atoms with Crippen LogP contribution in [0.3, 0.4) is 0 Å². The largest absolute Gasteiger partial charge is 0.494 e. The number of thiazole rings is 1. The maximum absolute atomic E-state index is 13.3.